The Labute approximate surface area is 109 Å². The van der Waals surface area contributed by atoms with Gasteiger partial charge in [-0.1, -0.05) is 38.1 Å². The molecule has 1 aromatic rings. The smallest absolute Gasteiger partial charge is 0.153 e. The van der Waals surface area contributed by atoms with Crippen molar-refractivity contribution < 1.29 is 13.5 Å². The van der Waals surface area contributed by atoms with Crippen molar-refractivity contribution in [2.24, 2.45) is 5.92 Å². The molecule has 3 atom stereocenters. The third kappa shape index (κ3) is 2.31. The molecule has 1 aliphatic rings. The molecule has 4 heteroatoms. The maximum absolute atomic E-state index is 11.9. The van der Waals surface area contributed by atoms with Crippen molar-refractivity contribution in [1.82, 2.24) is 0 Å². The van der Waals surface area contributed by atoms with Crippen molar-refractivity contribution >= 4 is 9.84 Å². The first kappa shape index (κ1) is 13.6. The molecule has 0 amide bonds. The summed E-state index contributed by atoms with van der Waals surface area (Å²) >= 11 is 0. The first-order valence-corrected chi connectivity index (χ1v) is 8.18. The molecule has 1 aromatic carbocycles. The second-order valence-corrected chi connectivity index (χ2v) is 7.33. The lowest BCUT2D eigenvalue weighted by atomic mass is 10.1. The van der Waals surface area contributed by atoms with Crippen molar-refractivity contribution in [3.8, 4) is 0 Å². The van der Waals surface area contributed by atoms with E-state index in [0.29, 0.717) is 0 Å². The molecule has 100 valence electrons. The van der Waals surface area contributed by atoms with E-state index in [4.69, 9.17) is 0 Å². The van der Waals surface area contributed by atoms with Gasteiger partial charge in [-0.25, -0.2) is 8.42 Å². The van der Waals surface area contributed by atoms with Gasteiger partial charge in [0, 0.05) is 24.2 Å². The number of benzene rings is 1. The standard InChI is InChI=1S/C14H20O3S/c1-3-10-5-7-11(8-6-10)13-12(9-15)14(13)18(16,17)4-2/h5-8,12-15H,3-4,9H2,1-2H3/t12-,13-,14-/m1/s1. The predicted molar refractivity (Wildman–Crippen MR) is 72.4 cm³/mol. The molecule has 0 saturated heterocycles. The van der Waals surface area contributed by atoms with E-state index in [-0.39, 0.29) is 29.4 Å². The molecule has 0 aliphatic heterocycles. The first-order chi connectivity index (χ1) is 8.55. The van der Waals surface area contributed by atoms with Crippen LogP contribution >= 0.6 is 0 Å². The van der Waals surface area contributed by atoms with E-state index in [1.807, 2.05) is 24.3 Å². The lowest BCUT2D eigenvalue weighted by Gasteiger charge is -2.02. The van der Waals surface area contributed by atoms with Crippen LogP contribution in [0, 0.1) is 5.92 Å². The zero-order valence-electron chi connectivity index (χ0n) is 10.8. The number of aliphatic hydroxyl groups excluding tert-OH is 1. The van der Waals surface area contributed by atoms with Crippen molar-refractivity contribution in [2.45, 2.75) is 31.4 Å². The average Bonchev–Trinajstić information content (AvgIpc) is 3.14. The van der Waals surface area contributed by atoms with Gasteiger partial charge >= 0.3 is 0 Å². The van der Waals surface area contributed by atoms with E-state index in [0.717, 1.165) is 12.0 Å². The Hall–Kier alpha value is -0.870. The molecule has 18 heavy (non-hydrogen) atoms. The van der Waals surface area contributed by atoms with Gasteiger partial charge in [0.05, 0.1) is 5.25 Å². The fourth-order valence-electron chi connectivity index (χ4n) is 2.65. The normalized spacial score (nSPS) is 27.2. The van der Waals surface area contributed by atoms with E-state index in [1.165, 1.54) is 5.56 Å². The summed E-state index contributed by atoms with van der Waals surface area (Å²) in [5.74, 6) is 0.00540. The molecule has 0 bridgehead atoms. The summed E-state index contributed by atoms with van der Waals surface area (Å²) in [6.07, 6.45) is 0.977. The minimum atomic E-state index is -3.06. The van der Waals surface area contributed by atoms with Crippen LogP contribution in [-0.2, 0) is 16.3 Å². The van der Waals surface area contributed by atoms with Crippen molar-refractivity contribution in [3.63, 3.8) is 0 Å². The third-order valence-corrected chi connectivity index (χ3v) is 6.17. The number of rotatable bonds is 5. The second-order valence-electron chi connectivity index (χ2n) is 4.88. The lowest BCUT2D eigenvalue weighted by molar-refractivity contribution is 0.274. The number of aliphatic hydroxyl groups is 1. The van der Waals surface area contributed by atoms with Crippen LogP contribution in [0.25, 0.3) is 0 Å². The summed E-state index contributed by atoms with van der Waals surface area (Å²) in [7, 11) is -3.06. The Bertz CT molecular complexity index is 504. The van der Waals surface area contributed by atoms with Crippen molar-refractivity contribution in [3.05, 3.63) is 35.4 Å². The van der Waals surface area contributed by atoms with Gasteiger partial charge < -0.3 is 5.11 Å². The number of aryl methyl sites for hydroxylation is 1. The predicted octanol–water partition coefficient (Wildman–Crippen LogP) is 1.76. The summed E-state index contributed by atoms with van der Waals surface area (Å²) in [5, 5.41) is 8.91. The minimum Gasteiger partial charge on any atom is -0.396 e. The summed E-state index contributed by atoms with van der Waals surface area (Å²) < 4.78 is 23.9. The molecule has 1 saturated carbocycles. The quantitative estimate of drug-likeness (QED) is 0.885. The van der Waals surface area contributed by atoms with Crippen LogP contribution < -0.4 is 0 Å². The molecule has 1 N–H and O–H groups in total. The second kappa shape index (κ2) is 5.02. The number of sulfone groups is 1. The van der Waals surface area contributed by atoms with Crippen LogP contribution in [-0.4, -0.2) is 31.1 Å². The molecule has 0 radical (unpaired) electrons. The molecule has 0 heterocycles. The van der Waals surface area contributed by atoms with Crippen LogP contribution in [0.5, 0.6) is 0 Å². The molecule has 3 nitrogen and oxygen atoms in total. The highest BCUT2D eigenvalue weighted by Gasteiger charge is 2.57. The maximum Gasteiger partial charge on any atom is 0.153 e. The Morgan fingerprint density at radius 3 is 2.22 bits per heavy atom. The van der Waals surface area contributed by atoms with Crippen LogP contribution in [0.3, 0.4) is 0 Å². The Kier molecular flexibility index (Phi) is 3.78. The van der Waals surface area contributed by atoms with Crippen molar-refractivity contribution in [2.75, 3.05) is 12.4 Å². The molecular weight excluding hydrogens is 248 g/mol. The van der Waals surface area contributed by atoms with Gasteiger partial charge in [0.1, 0.15) is 0 Å². The number of hydrogen-bond acceptors (Lipinski definition) is 3. The summed E-state index contributed by atoms with van der Waals surface area (Å²) in [6.45, 7) is 3.70. The fourth-order valence-corrected chi connectivity index (χ4v) is 4.54. The van der Waals surface area contributed by atoms with E-state index < -0.39 is 9.84 Å². The van der Waals surface area contributed by atoms with Gasteiger partial charge in [-0.3, -0.25) is 0 Å². The highest BCUT2D eigenvalue weighted by molar-refractivity contribution is 7.92. The molecular formula is C14H20O3S. The topological polar surface area (TPSA) is 54.4 Å². The SMILES string of the molecule is CCc1ccc([C@@H]2[C@@H](CO)[C@H]2S(=O)(=O)CC)cc1. The van der Waals surface area contributed by atoms with Gasteiger partial charge in [0.2, 0.25) is 0 Å². The Balaban J connectivity index is 2.23. The van der Waals surface area contributed by atoms with Crippen molar-refractivity contribution in [1.29, 1.82) is 0 Å². The Morgan fingerprint density at radius 2 is 1.78 bits per heavy atom. The molecule has 0 spiro atoms. The van der Waals surface area contributed by atoms with Gasteiger partial charge in [0.15, 0.2) is 9.84 Å². The lowest BCUT2D eigenvalue weighted by Crippen LogP contribution is -2.13. The Morgan fingerprint density at radius 1 is 1.17 bits per heavy atom. The highest BCUT2D eigenvalue weighted by atomic mass is 32.2. The largest absolute Gasteiger partial charge is 0.396 e. The monoisotopic (exact) mass is 268 g/mol. The van der Waals surface area contributed by atoms with E-state index in [1.54, 1.807) is 6.92 Å². The highest BCUT2D eigenvalue weighted by Crippen LogP contribution is 2.52. The van der Waals surface area contributed by atoms with Crippen LogP contribution in [0.15, 0.2) is 24.3 Å². The molecule has 0 aromatic heterocycles. The van der Waals surface area contributed by atoms with Gasteiger partial charge in [0.25, 0.3) is 0 Å². The summed E-state index contributed by atoms with van der Waals surface area (Å²) in [5.41, 5.74) is 2.28. The number of hydrogen-bond donors (Lipinski definition) is 1. The van der Waals surface area contributed by atoms with E-state index in [2.05, 4.69) is 6.92 Å². The third-order valence-electron chi connectivity index (χ3n) is 3.90. The molecule has 0 unspecified atom stereocenters. The fraction of sp³-hybridized carbons (Fsp3) is 0.571. The van der Waals surface area contributed by atoms with E-state index >= 15 is 0 Å². The molecule has 1 aliphatic carbocycles. The van der Waals surface area contributed by atoms with Gasteiger partial charge in [-0.05, 0) is 17.5 Å². The van der Waals surface area contributed by atoms with Gasteiger partial charge in [-0.2, -0.15) is 0 Å². The molecule has 1 fully saturated rings. The van der Waals surface area contributed by atoms with Crippen LogP contribution in [0.2, 0.25) is 0 Å². The maximum atomic E-state index is 11.9. The summed E-state index contributed by atoms with van der Waals surface area (Å²) in [6, 6.07) is 8.07. The minimum absolute atomic E-state index is 0.0224. The summed E-state index contributed by atoms with van der Waals surface area (Å²) in [4.78, 5) is 0. The zero-order valence-corrected chi connectivity index (χ0v) is 11.7. The zero-order chi connectivity index (χ0) is 13.3. The molecule has 2 rings (SSSR count). The first-order valence-electron chi connectivity index (χ1n) is 6.46. The van der Waals surface area contributed by atoms with Crippen LogP contribution in [0.4, 0.5) is 0 Å². The van der Waals surface area contributed by atoms with Crippen LogP contribution in [0.1, 0.15) is 30.9 Å². The van der Waals surface area contributed by atoms with E-state index in [9.17, 15) is 13.5 Å². The van der Waals surface area contributed by atoms with Gasteiger partial charge in [-0.15, -0.1) is 0 Å². The average molecular weight is 268 g/mol.